The van der Waals surface area contributed by atoms with E-state index in [4.69, 9.17) is 19.6 Å². The van der Waals surface area contributed by atoms with Crippen molar-refractivity contribution in [1.82, 2.24) is 39.5 Å². The van der Waals surface area contributed by atoms with Crippen LogP contribution >= 0.6 is 22.6 Å². The van der Waals surface area contributed by atoms with Crippen LogP contribution in [0, 0.1) is 52.7 Å². The molecule has 10 nitrogen and oxygen atoms in total. The lowest BCUT2D eigenvalue weighted by atomic mass is 10.3. The first-order valence-electron chi connectivity index (χ1n) is 12.5. The molecule has 0 unspecified atom stereocenters. The van der Waals surface area contributed by atoms with Crippen molar-refractivity contribution in [2.24, 2.45) is 0 Å². The third-order valence-electron chi connectivity index (χ3n) is 5.23. The van der Waals surface area contributed by atoms with E-state index in [0.717, 1.165) is 3.70 Å². The SMILES string of the molecule is C#Cc1ncccn1.[C-]#[N+]c1cc(F)cc(-n2ccc(C#Cc3ncccn3)n2)c1.[C-]#[N+]c1cc(F)cc(-n2ccc(I)n2)c1. The fourth-order valence-corrected chi connectivity index (χ4v) is 3.74. The van der Waals surface area contributed by atoms with E-state index in [1.165, 1.54) is 28.9 Å². The van der Waals surface area contributed by atoms with Crippen molar-refractivity contribution < 1.29 is 8.78 Å². The number of nitrogens with zero attached hydrogens (tertiary/aromatic N) is 10. The summed E-state index contributed by atoms with van der Waals surface area (Å²) >= 11 is 2.07. The quantitative estimate of drug-likeness (QED) is 0.118. The number of aromatic nitrogens is 8. The topological polar surface area (TPSA) is 95.9 Å². The van der Waals surface area contributed by atoms with Gasteiger partial charge >= 0.3 is 0 Å². The number of hydrogen-bond donors (Lipinski definition) is 0. The highest BCUT2D eigenvalue weighted by Gasteiger charge is 2.05. The van der Waals surface area contributed by atoms with Crippen molar-refractivity contribution in [3.8, 4) is 35.6 Å². The molecule has 6 rings (SSSR count). The molecular formula is C32H17F2IN10. The molecule has 45 heavy (non-hydrogen) atoms. The van der Waals surface area contributed by atoms with Crippen LogP contribution in [0.3, 0.4) is 0 Å². The van der Waals surface area contributed by atoms with Crippen molar-refractivity contribution in [2.45, 2.75) is 0 Å². The minimum atomic E-state index is -0.482. The Bertz CT molecular complexity index is 2100. The second-order valence-corrected chi connectivity index (χ2v) is 9.43. The molecule has 0 fully saturated rings. The number of benzene rings is 2. The standard InChI is InChI=1S/C16H8FN5.C10H5FIN3.C6H4N2/c1-18-14-9-12(17)10-15(11-14)22-8-5-13(21-22)3-4-16-19-6-2-7-20-16;1-13-8-4-7(11)5-9(6-8)15-3-2-10(12)14-15;1-2-6-7-4-3-5-8-6/h2,5-11H;2-6H;1,3-5H. The number of halogens is 3. The van der Waals surface area contributed by atoms with E-state index in [1.54, 1.807) is 72.2 Å². The van der Waals surface area contributed by atoms with E-state index in [9.17, 15) is 8.78 Å². The predicted molar refractivity (Wildman–Crippen MR) is 170 cm³/mol. The van der Waals surface area contributed by atoms with Crippen LogP contribution in [0.4, 0.5) is 20.2 Å². The minimum absolute atomic E-state index is 0.218. The van der Waals surface area contributed by atoms with Gasteiger partial charge in [0, 0.05) is 37.2 Å². The van der Waals surface area contributed by atoms with Crippen LogP contribution in [-0.2, 0) is 0 Å². The summed E-state index contributed by atoms with van der Waals surface area (Å²) in [6, 6.07) is 15.1. The summed E-state index contributed by atoms with van der Waals surface area (Å²) in [4.78, 5) is 21.9. The molecule has 0 radical (unpaired) electrons. The van der Waals surface area contributed by atoms with Crippen molar-refractivity contribution in [3.63, 3.8) is 0 Å². The highest BCUT2D eigenvalue weighted by Crippen LogP contribution is 2.21. The summed E-state index contributed by atoms with van der Waals surface area (Å²) in [7, 11) is 0. The Labute approximate surface area is 270 Å². The average Bonchev–Trinajstić information content (AvgIpc) is 3.74. The Morgan fingerprint density at radius 2 is 1.20 bits per heavy atom. The minimum Gasteiger partial charge on any atom is -0.241 e. The summed E-state index contributed by atoms with van der Waals surface area (Å²) in [6.45, 7) is 13.8. The first-order valence-corrected chi connectivity index (χ1v) is 13.6. The van der Waals surface area contributed by atoms with Crippen molar-refractivity contribution in [3.05, 3.63) is 153 Å². The first kappa shape index (κ1) is 31.6. The Morgan fingerprint density at radius 3 is 1.67 bits per heavy atom. The summed E-state index contributed by atoms with van der Waals surface area (Å²) in [6.07, 6.45) is 14.8. The van der Waals surface area contributed by atoms with Gasteiger partial charge < -0.3 is 0 Å². The lowest BCUT2D eigenvalue weighted by Crippen LogP contribution is -1.95. The summed E-state index contributed by atoms with van der Waals surface area (Å²) < 4.78 is 30.4. The Hall–Kier alpha value is -6.29. The number of terminal acetylenes is 1. The average molecular weight is 706 g/mol. The largest absolute Gasteiger partial charge is 0.241 e. The van der Waals surface area contributed by atoms with Crippen molar-refractivity contribution in [2.75, 3.05) is 0 Å². The zero-order valence-corrected chi connectivity index (χ0v) is 25.1. The fourth-order valence-electron chi connectivity index (χ4n) is 3.35. The van der Waals surface area contributed by atoms with Gasteiger partial charge in [-0.1, -0.05) is 0 Å². The molecule has 0 bridgehead atoms. The Kier molecular flexibility index (Phi) is 11.1. The monoisotopic (exact) mass is 706 g/mol. The molecule has 0 amide bonds. The molecule has 0 N–H and O–H groups in total. The second-order valence-electron chi connectivity index (χ2n) is 8.33. The van der Waals surface area contributed by atoms with Gasteiger partial charge in [0.1, 0.15) is 21.0 Å². The normalized spacial score (nSPS) is 9.42. The lowest BCUT2D eigenvalue weighted by Gasteiger charge is -2.01. The van der Waals surface area contributed by atoms with Crippen LogP contribution in [-0.4, -0.2) is 39.5 Å². The van der Waals surface area contributed by atoms with Gasteiger partial charge in [-0.2, -0.15) is 10.2 Å². The Morgan fingerprint density at radius 1 is 0.689 bits per heavy atom. The van der Waals surface area contributed by atoms with Gasteiger partial charge in [-0.3, -0.25) is 0 Å². The molecule has 13 heteroatoms. The highest BCUT2D eigenvalue weighted by molar-refractivity contribution is 14.1. The molecule has 6 aromatic rings. The van der Waals surface area contributed by atoms with Crippen LogP contribution in [0.25, 0.3) is 21.1 Å². The zero-order chi connectivity index (χ0) is 32.0. The fraction of sp³-hybridized carbons (Fsp3) is 0. The second kappa shape index (κ2) is 15.8. The molecule has 0 aliphatic rings. The van der Waals surface area contributed by atoms with E-state index in [2.05, 4.69) is 80.2 Å². The highest BCUT2D eigenvalue weighted by atomic mass is 127. The first-order chi connectivity index (χ1) is 21.9. The molecule has 0 saturated heterocycles. The third-order valence-corrected chi connectivity index (χ3v) is 5.81. The lowest BCUT2D eigenvalue weighted by molar-refractivity contribution is 0.626. The van der Waals surface area contributed by atoms with Crippen LogP contribution in [0.15, 0.2) is 97.8 Å². The molecule has 0 atom stereocenters. The number of hydrogen-bond acceptors (Lipinski definition) is 6. The van der Waals surface area contributed by atoms with E-state index < -0.39 is 11.6 Å². The smallest absolute Gasteiger partial charge is 0.205 e. The van der Waals surface area contributed by atoms with Crippen LogP contribution in [0.5, 0.6) is 0 Å². The summed E-state index contributed by atoms with van der Waals surface area (Å²) in [5.74, 6) is 7.86. The molecule has 4 aromatic heterocycles. The van der Waals surface area contributed by atoms with Crippen LogP contribution in [0.2, 0.25) is 0 Å². The van der Waals surface area contributed by atoms with Gasteiger partial charge in [-0.15, -0.1) is 6.42 Å². The van der Waals surface area contributed by atoms with Gasteiger partial charge in [-0.05, 0) is 101 Å². The zero-order valence-electron chi connectivity index (χ0n) is 22.9. The Balaban J connectivity index is 0.000000172. The van der Waals surface area contributed by atoms with E-state index in [1.807, 2.05) is 6.07 Å². The molecule has 0 saturated carbocycles. The molecule has 0 aliphatic carbocycles. The molecule has 2 aromatic carbocycles. The third kappa shape index (κ3) is 9.62. The number of rotatable bonds is 2. The molecule has 216 valence electrons. The van der Waals surface area contributed by atoms with Gasteiger partial charge in [0.15, 0.2) is 11.4 Å². The van der Waals surface area contributed by atoms with E-state index >= 15 is 0 Å². The molecular weight excluding hydrogens is 689 g/mol. The van der Waals surface area contributed by atoms with Gasteiger partial charge in [-0.25, -0.2) is 47.8 Å². The molecule has 0 aliphatic heterocycles. The molecule has 4 heterocycles. The summed E-state index contributed by atoms with van der Waals surface area (Å²) in [5.41, 5.74) is 2.02. The summed E-state index contributed by atoms with van der Waals surface area (Å²) in [5, 5.41) is 8.36. The van der Waals surface area contributed by atoms with Crippen LogP contribution in [0.1, 0.15) is 17.3 Å². The van der Waals surface area contributed by atoms with Gasteiger partial charge in [0.2, 0.25) is 11.6 Å². The van der Waals surface area contributed by atoms with E-state index in [-0.39, 0.29) is 11.4 Å². The maximum Gasteiger partial charge on any atom is 0.205 e. The van der Waals surface area contributed by atoms with E-state index in [0.29, 0.717) is 28.7 Å². The van der Waals surface area contributed by atoms with Gasteiger partial charge in [0.25, 0.3) is 0 Å². The van der Waals surface area contributed by atoms with Gasteiger partial charge in [0.05, 0.1) is 24.5 Å². The predicted octanol–water partition coefficient (Wildman–Crippen LogP) is 6.38. The maximum absolute atomic E-state index is 13.4. The maximum atomic E-state index is 13.4. The van der Waals surface area contributed by atoms with Crippen molar-refractivity contribution in [1.29, 1.82) is 0 Å². The van der Waals surface area contributed by atoms with Crippen molar-refractivity contribution >= 4 is 34.0 Å². The van der Waals surface area contributed by atoms with Crippen LogP contribution < -0.4 is 0 Å². The molecule has 0 spiro atoms.